The molecule has 1 aromatic heterocycles. The maximum absolute atomic E-state index is 11.2. The fourth-order valence-corrected chi connectivity index (χ4v) is 3.10. The molecular weight excluding hydrogens is 320 g/mol. The molecule has 0 atom stereocenters. The number of rotatable bonds is 2. The maximum atomic E-state index is 11.2. The number of amides is 1. The van der Waals surface area contributed by atoms with Crippen molar-refractivity contribution in [2.24, 2.45) is 0 Å². The molecule has 3 aromatic rings. The predicted octanol–water partition coefficient (Wildman–Crippen LogP) is 4.76. The Morgan fingerprint density at radius 3 is 2.31 bits per heavy atom. The summed E-state index contributed by atoms with van der Waals surface area (Å²) in [6.45, 7) is 7.82. The molecule has 3 heteroatoms. The first-order valence-corrected chi connectivity index (χ1v) is 8.60. The van der Waals surface area contributed by atoms with E-state index < -0.39 is 0 Å². The van der Waals surface area contributed by atoms with Crippen LogP contribution in [0.25, 0.3) is 5.69 Å². The summed E-state index contributed by atoms with van der Waals surface area (Å²) in [7, 11) is 0. The third-order valence-electron chi connectivity index (χ3n) is 4.26. The van der Waals surface area contributed by atoms with Gasteiger partial charge in [-0.05, 0) is 62.7 Å². The summed E-state index contributed by atoms with van der Waals surface area (Å²) >= 11 is 0. The molecule has 0 bridgehead atoms. The molecule has 0 radical (unpaired) electrons. The van der Waals surface area contributed by atoms with E-state index in [1.54, 1.807) is 0 Å². The van der Waals surface area contributed by atoms with Gasteiger partial charge in [-0.2, -0.15) is 0 Å². The lowest BCUT2D eigenvalue weighted by Gasteiger charge is -2.14. The minimum atomic E-state index is -0.0883. The molecule has 0 spiro atoms. The number of carbonyl (C=O) groups is 1. The zero-order valence-electron chi connectivity index (χ0n) is 15.6. The second kappa shape index (κ2) is 7.33. The summed E-state index contributed by atoms with van der Waals surface area (Å²) in [5.41, 5.74) is 7.29. The summed E-state index contributed by atoms with van der Waals surface area (Å²) in [5.74, 6) is 6.45. The molecule has 130 valence electrons. The second-order valence-electron chi connectivity index (χ2n) is 6.43. The number of benzene rings is 2. The van der Waals surface area contributed by atoms with Crippen molar-refractivity contribution in [3.8, 4) is 17.5 Å². The molecule has 3 nitrogen and oxygen atoms in total. The maximum Gasteiger partial charge on any atom is 0.221 e. The highest BCUT2D eigenvalue weighted by molar-refractivity contribution is 5.88. The molecule has 0 aliphatic heterocycles. The van der Waals surface area contributed by atoms with Crippen molar-refractivity contribution < 1.29 is 4.79 Å². The Labute approximate surface area is 154 Å². The fraction of sp³-hybridized carbons (Fsp3) is 0.174. The Balaban J connectivity index is 2.05. The molecule has 0 saturated carbocycles. The lowest BCUT2D eigenvalue weighted by molar-refractivity contribution is -0.114. The second-order valence-corrected chi connectivity index (χ2v) is 6.43. The Hall–Kier alpha value is -3.25. The van der Waals surface area contributed by atoms with Gasteiger partial charge in [0.25, 0.3) is 0 Å². The van der Waals surface area contributed by atoms with Gasteiger partial charge in [-0.25, -0.2) is 0 Å². The van der Waals surface area contributed by atoms with Gasteiger partial charge in [0, 0.05) is 35.1 Å². The molecule has 0 aliphatic rings. The van der Waals surface area contributed by atoms with E-state index in [-0.39, 0.29) is 5.91 Å². The van der Waals surface area contributed by atoms with Crippen LogP contribution in [-0.2, 0) is 4.79 Å². The van der Waals surface area contributed by atoms with Gasteiger partial charge < -0.3 is 9.88 Å². The number of aromatic nitrogens is 1. The van der Waals surface area contributed by atoms with Crippen LogP contribution < -0.4 is 5.32 Å². The first-order valence-electron chi connectivity index (χ1n) is 8.60. The molecule has 0 aliphatic carbocycles. The molecule has 0 unspecified atom stereocenters. The van der Waals surface area contributed by atoms with Gasteiger partial charge in [-0.3, -0.25) is 4.79 Å². The fourth-order valence-electron chi connectivity index (χ4n) is 3.10. The average molecular weight is 342 g/mol. The first kappa shape index (κ1) is 17.6. The number of hydrogen-bond donors (Lipinski definition) is 1. The summed E-state index contributed by atoms with van der Waals surface area (Å²) in [6.07, 6.45) is 0. The summed E-state index contributed by atoms with van der Waals surface area (Å²) in [6, 6.07) is 18.0. The van der Waals surface area contributed by atoms with Crippen LogP contribution in [0.5, 0.6) is 0 Å². The Bertz CT molecular complexity index is 1010. The van der Waals surface area contributed by atoms with Crippen LogP contribution in [0.4, 0.5) is 5.69 Å². The summed E-state index contributed by atoms with van der Waals surface area (Å²) < 4.78 is 2.24. The van der Waals surface area contributed by atoms with Crippen LogP contribution in [0.1, 0.15) is 35.0 Å². The van der Waals surface area contributed by atoms with E-state index >= 15 is 0 Å². The van der Waals surface area contributed by atoms with E-state index in [0.29, 0.717) is 0 Å². The number of nitrogens with zero attached hydrogens (tertiary/aromatic N) is 1. The molecule has 1 N–H and O–H groups in total. The van der Waals surface area contributed by atoms with E-state index in [1.807, 2.05) is 36.4 Å². The molecule has 0 saturated heterocycles. The zero-order valence-corrected chi connectivity index (χ0v) is 15.6. The van der Waals surface area contributed by atoms with Crippen molar-refractivity contribution in [1.82, 2.24) is 4.57 Å². The van der Waals surface area contributed by atoms with Gasteiger partial charge in [0.1, 0.15) is 0 Å². The zero-order chi connectivity index (χ0) is 18.7. The van der Waals surface area contributed by atoms with Gasteiger partial charge in [0.05, 0.1) is 5.69 Å². The Kier molecular flexibility index (Phi) is 4.95. The molecular formula is C23H22N2O. The third-order valence-corrected chi connectivity index (χ3v) is 4.26. The highest BCUT2D eigenvalue weighted by Gasteiger charge is 2.10. The van der Waals surface area contributed by atoms with E-state index in [0.717, 1.165) is 22.5 Å². The smallest absolute Gasteiger partial charge is 0.221 e. The van der Waals surface area contributed by atoms with Gasteiger partial charge in [-0.15, -0.1) is 0 Å². The highest BCUT2D eigenvalue weighted by Crippen LogP contribution is 2.23. The molecule has 0 fully saturated rings. The van der Waals surface area contributed by atoms with Crippen molar-refractivity contribution in [3.05, 3.63) is 82.7 Å². The lowest BCUT2D eigenvalue weighted by atomic mass is 10.1. The largest absolute Gasteiger partial charge is 0.326 e. The van der Waals surface area contributed by atoms with Gasteiger partial charge in [0.2, 0.25) is 5.91 Å². The van der Waals surface area contributed by atoms with Gasteiger partial charge >= 0.3 is 0 Å². The van der Waals surface area contributed by atoms with Crippen molar-refractivity contribution in [2.75, 3.05) is 5.32 Å². The third kappa shape index (κ3) is 3.70. The minimum Gasteiger partial charge on any atom is -0.326 e. The van der Waals surface area contributed by atoms with Crippen LogP contribution in [0, 0.1) is 32.6 Å². The summed E-state index contributed by atoms with van der Waals surface area (Å²) in [4.78, 5) is 11.2. The molecule has 3 rings (SSSR count). The molecule has 1 heterocycles. The van der Waals surface area contributed by atoms with Crippen LogP contribution in [-0.4, -0.2) is 10.5 Å². The SMILES string of the molecule is CC(=O)Nc1cccc(C#Cc2cccc(C)c2-n2c(C)ccc2C)c1. The van der Waals surface area contributed by atoms with Crippen LogP contribution in [0.2, 0.25) is 0 Å². The van der Waals surface area contributed by atoms with Crippen molar-refractivity contribution in [3.63, 3.8) is 0 Å². The standard InChI is InChI=1S/C23H22N2O/c1-16-7-5-9-21(23(16)25-17(2)11-12-18(25)3)14-13-20-8-6-10-22(15-20)24-19(4)26/h5-12,15H,1-4H3,(H,24,26). The summed E-state index contributed by atoms with van der Waals surface area (Å²) in [5, 5.41) is 2.79. The highest BCUT2D eigenvalue weighted by atomic mass is 16.1. The van der Waals surface area contributed by atoms with Gasteiger partial charge in [0.15, 0.2) is 0 Å². The normalized spacial score (nSPS) is 10.2. The lowest BCUT2D eigenvalue weighted by Crippen LogP contribution is -2.05. The molecule has 2 aromatic carbocycles. The molecule has 26 heavy (non-hydrogen) atoms. The van der Waals surface area contributed by atoms with Gasteiger partial charge in [-0.1, -0.05) is 30.0 Å². The van der Waals surface area contributed by atoms with Crippen LogP contribution in [0.15, 0.2) is 54.6 Å². The Morgan fingerprint density at radius 2 is 1.62 bits per heavy atom. The average Bonchev–Trinajstić information content (AvgIpc) is 2.92. The van der Waals surface area contributed by atoms with Crippen molar-refractivity contribution in [2.45, 2.75) is 27.7 Å². The monoisotopic (exact) mass is 342 g/mol. The number of anilines is 1. The van der Waals surface area contributed by atoms with Crippen LogP contribution in [0.3, 0.4) is 0 Å². The van der Waals surface area contributed by atoms with E-state index in [4.69, 9.17) is 0 Å². The number of hydrogen-bond acceptors (Lipinski definition) is 1. The minimum absolute atomic E-state index is 0.0883. The topological polar surface area (TPSA) is 34.0 Å². The van der Waals surface area contributed by atoms with Crippen molar-refractivity contribution in [1.29, 1.82) is 0 Å². The number of nitrogens with one attached hydrogen (secondary N) is 1. The molecule has 1 amide bonds. The first-order chi connectivity index (χ1) is 12.5. The van der Waals surface area contributed by atoms with E-state index in [2.05, 4.69) is 60.7 Å². The number of carbonyl (C=O) groups excluding carboxylic acids is 1. The van der Waals surface area contributed by atoms with E-state index in [9.17, 15) is 4.79 Å². The number of aryl methyl sites for hydroxylation is 3. The Morgan fingerprint density at radius 1 is 0.923 bits per heavy atom. The number of para-hydroxylation sites is 1. The van der Waals surface area contributed by atoms with Crippen molar-refractivity contribution >= 4 is 11.6 Å². The van der Waals surface area contributed by atoms with E-state index in [1.165, 1.54) is 23.9 Å². The van der Waals surface area contributed by atoms with Crippen LogP contribution >= 0.6 is 0 Å². The predicted molar refractivity (Wildman–Crippen MR) is 107 cm³/mol. The quantitative estimate of drug-likeness (QED) is 0.669.